The molecule has 2 N–H and O–H groups in total. The van der Waals surface area contributed by atoms with Crippen molar-refractivity contribution in [3.63, 3.8) is 0 Å². The monoisotopic (exact) mass is 342 g/mol. The van der Waals surface area contributed by atoms with Gasteiger partial charge in [-0.05, 0) is 11.1 Å². The van der Waals surface area contributed by atoms with E-state index in [2.05, 4.69) is 5.32 Å². The molecule has 1 atom stereocenters. The second-order valence-electron chi connectivity index (χ2n) is 3.80. The van der Waals surface area contributed by atoms with Gasteiger partial charge in [0.25, 0.3) is 0 Å². The molecule has 0 saturated carbocycles. The zero-order chi connectivity index (χ0) is 14.1. The van der Waals surface area contributed by atoms with Crippen molar-refractivity contribution in [2.24, 2.45) is 0 Å². The van der Waals surface area contributed by atoms with Gasteiger partial charge in [0, 0.05) is 25.0 Å². The van der Waals surface area contributed by atoms with Crippen molar-refractivity contribution in [1.82, 2.24) is 5.32 Å². The van der Waals surface area contributed by atoms with Crippen LogP contribution >= 0.6 is 21.6 Å². The van der Waals surface area contributed by atoms with E-state index >= 15 is 0 Å². The number of carbonyl (C=O) groups excluding carboxylic acids is 1. The molecule has 0 saturated heterocycles. The average Bonchev–Trinajstić information content (AvgIpc) is 2.34. The van der Waals surface area contributed by atoms with Gasteiger partial charge in [-0.15, -0.1) is 0 Å². The van der Waals surface area contributed by atoms with E-state index in [-0.39, 0.29) is 41.2 Å². The zero-order valence-electron chi connectivity index (χ0n) is 11.6. The molecule has 0 heterocycles. The molecule has 4 nitrogen and oxygen atoms in total. The van der Waals surface area contributed by atoms with Crippen LogP contribution in [0.3, 0.4) is 0 Å². The number of nitrogens with one attached hydrogen (secondary N) is 1. The number of amides is 1. The summed E-state index contributed by atoms with van der Waals surface area (Å²) in [4.78, 5) is 10.7. The summed E-state index contributed by atoms with van der Waals surface area (Å²) in [6.45, 7) is 2.17. The van der Waals surface area contributed by atoms with Crippen LogP contribution in [-0.4, -0.2) is 27.0 Å². The summed E-state index contributed by atoms with van der Waals surface area (Å²) < 4.78 is 19.8. The second-order valence-corrected chi connectivity index (χ2v) is 7.32. The van der Waals surface area contributed by atoms with Crippen LogP contribution in [0.5, 0.6) is 0 Å². The molecule has 1 unspecified atom stereocenters. The Kier molecular flexibility index (Phi) is 12.4. The first-order valence-electron chi connectivity index (χ1n) is 5.72. The van der Waals surface area contributed by atoms with E-state index in [0.717, 1.165) is 22.6 Å². The molecule has 0 aromatic heterocycles. The third-order valence-corrected chi connectivity index (χ3v) is 5.13. The second kappa shape index (κ2) is 12.1. The Labute approximate surface area is 152 Å². The molecule has 1 amide bonds. The summed E-state index contributed by atoms with van der Waals surface area (Å²) in [6, 6.07) is 7.66. The van der Waals surface area contributed by atoms with E-state index < -0.39 is 11.1 Å². The van der Waals surface area contributed by atoms with Crippen LogP contribution < -0.4 is 34.9 Å². The Morgan fingerprint density at radius 3 is 2.55 bits per heavy atom. The largest absolute Gasteiger partial charge is 1.00 e. The zero-order valence-corrected chi connectivity index (χ0v) is 16.1. The summed E-state index contributed by atoms with van der Waals surface area (Å²) in [5.74, 6) is 1.80. The fourth-order valence-electron chi connectivity index (χ4n) is 1.40. The minimum absolute atomic E-state index is 0. The van der Waals surface area contributed by atoms with Crippen LogP contribution in [0.1, 0.15) is 18.1 Å². The maximum atomic E-state index is 10.9. The summed E-state index contributed by atoms with van der Waals surface area (Å²) in [5.41, 5.74) is 2.00. The summed E-state index contributed by atoms with van der Waals surface area (Å²) >= 11 is -1.81. The standard InChI is InChI=1S/C12H17NO3S3.Na/c1-10(14)13-6-7-17-18-8-11-4-2-3-5-12(11)9-19(15)16;/h2-5H,6-9H2,1H3,(H,13,14)(H,15,16);/q;+1. The quantitative estimate of drug-likeness (QED) is 0.287. The van der Waals surface area contributed by atoms with Gasteiger partial charge in [-0.3, -0.25) is 4.79 Å². The molecule has 0 aliphatic heterocycles. The molecule has 8 heteroatoms. The molecular formula is C12H17NNaO3S3+. The van der Waals surface area contributed by atoms with Crippen molar-refractivity contribution in [2.45, 2.75) is 18.4 Å². The van der Waals surface area contributed by atoms with Crippen LogP contribution in [0, 0.1) is 0 Å². The number of hydrogen-bond acceptors (Lipinski definition) is 4. The number of carbonyl (C=O) groups is 1. The molecule has 1 rings (SSSR count). The summed E-state index contributed by atoms with van der Waals surface area (Å²) in [5, 5.41) is 2.74. The maximum absolute atomic E-state index is 10.9. The van der Waals surface area contributed by atoms with Gasteiger partial charge >= 0.3 is 29.6 Å². The van der Waals surface area contributed by atoms with Crippen LogP contribution in [0.4, 0.5) is 0 Å². The Bertz CT molecular complexity index is 446. The smallest absolute Gasteiger partial charge is 0.355 e. The van der Waals surface area contributed by atoms with Crippen LogP contribution in [-0.2, 0) is 27.4 Å². The molecule has 106 valence electrons. The molecule has 20 heavy (non-hydrogen) atoms. The maximum Gasteiger partial charge on any atom is 1.00 e. The molecule has 0 bridgehead atoms. The molecule has 0 spiro atoms. The Morgan fingerprint density at radius 1 is 1.30 bits per heavy atom. The Hall–Kier alpha value is 0.500. The SMILES string of the molecule is CC(=O)NCCSSCc1ccccc1CS(=O)O.[Na+]. The van der Waals surface area contributed by atoms with E-state index in [9.17, 15) is 9.00 Å². The normalized spacial score (nSPS) is 11.5. The van der Waals surface area contributed by atoms with Crippen LogP contribution in [0.2, 0.25) is 0 Å². The van der Waals surface area contributed by atoms with E-state index in [4.69, 9.17) is 4.55 Å². The minimum atomic E-state index is -1.81. The fraction of sp³-hybridized carbons (Fsp3) is 0.417. The average molecular weight is 342 g/mol. The van der Waals surface area contributed by atoms with E-state index in [0.29, 0.717) is 6.54 Å². The molecule has 0 aliphatic carbocycles. The molecule has 1 aromatic rings. The van der Waals surface area contributed by atoms with Gasteiger partial charge < -0.3 is 9.87 Å². The molecule has 0 radical (unpaired) electrons. The van der Waals surface area contributed by atoms with E-state index in [1.54, 1.807) is 21.6 Å². The van der Waals surface area contributed by atoms with Crippen molar-refractivity contribution in [2.75, 3.05) is 12.3 Å². The molecule has 0 aliphatic rings. The van der Waals surface area contributed by atoms with Gasteiger partial charge in [-0.1, -0.05) is 45.9 Å². The van der Waals surface area contributed by atoms with Crippen molar-refractivity contribution >= 4 is 38.6 Å². The van der Waals surface area contributed by atoms with E-state index in [1.165, 1.54) is 6.92 Å². The Morgan fingerprint density at radius 2 is 1.95 bits per heavy atom. The van der Waals surface area contributed by atoms with Gasteiger partial charge in [0.2, 0.25) is 5.91 Å². The first-order chi connectivity index (χ1) is 9.09. The third kappa shape index (κ3) is 9.44. The topological polar surface area (TPSA) is 66.4 Å². The predicted molar refractivity (Wildman–Crippen MR) is 83.4 cm³/mol. The van der Waals surface area contributed by atoms with Crippen molar-refractivity contribution in [1.29, 1.82) is 0 Å². The van der Waals surface area contributed by atoms with Gasteiger partial charge in [-0.25, -0.2) is 4.21 Å². The fourth-order valence-corrected chi connectivity index (χ4v) is 3.98. The first-order valence-corrected chi connectivity index (χ1v) is 9.49. The van der Waals surface area contributed by atoms with Gasteiger partial charge in [0.15, 0.2) is 11.1 Å². The van der Waals surface area contributed by atoms with Gasteiger partial charge in [0.1, 0.15) is 0 Å². The van der Waals surface area contributed by atoms with Crippen LogP contribution in [0.25, 0.3) is 0 Å². The van der Waals surface area contributed by atoms with Gasteiger partial charge in [-0.2, -0.15) is 0 Å². The number of rotatable bonds is 8. The molecule has 0 fully saturated rings. The minimum Gasteiger partial charge on any atom is -0.355 e. The summed E-state index contributed by atoms with van der Waals surface area (Å²) in [7, 11) is 3.37. The molecule has 1 aromatic carbocycles. The van der Waals surface area contributed by atoms with Gasteiger partial charge in [0.05, 0.1) is 5.75 Å². The molecular weight excluding hydrogens is 325 g/mol. The number of hydrogen-bond donors (Lipinski definition) is 2. The first kappa shape index (κ1) is 20.5. The van der Waals surface area contributed by atoms with Crippen molar-refractivity contribution in [3.8, 4) is 0 Å². The van der Waals surface area contributed by atoms with E-state index in [1.807, 2.05) is 24.3 Å². The van der Waals surface area contributed by atoms with Crippen molar-refractivity contribution in [3.05, 3.63) is 35.4 Å². The third-order valence-electron chi connectivity index (χ3n) is 2.25. The summed E-state index contributed by atoms with van der Waals surface area (Å²) in [6.07, 6.45) is 0. The Balaban J connectivity index is 0.00000361. The van der Waals surface area contributed by atoms with Crippen molar-refractivity contribution < 1.29 is 43.1 Å². The number of benzene rings is 1. The predicted octanol–water partition coefficient (Wildman–Crippen LogP) is -0.570. The van der Waals surface area contributed by atoms with Crippen LogP contribution in [0.15, 0.2) is 24.3 Å².